The zero-order valence-electron chi connectivity index (χ0n) is 10.2. The number of rotatable bonds is 5. The normalized spacial score (nSPS) is 10.6. The standard InChI is InChI=1S/C12H12ClN3O2S/c1-2-10-14-15-12(19-7-11(17)18)16(10)9-6-4-3-5-8(9)13/h3-6H,2,7H2,1H3,(H,17,18). The number of aryl methyl sites for hydroxylation is 1. The Morgan fingerprint density at radius 2 is 2.16 bits per heavy atom. The van der Waals surface area contributed by atoms with Crippen molar-refractivity contribution in [3.05, 3.63) is 35.1 Å². The van der Waals surface area contributed by atoms with E-state index in [2.05, 4.69) is 10.2 Å². The number of hydrogen-bond donors (Lipinski definition) is 1. The summed E-state index contributed by atoms with van der Waals surface area (Å²) in [6, 6.07) is 7.34. The number of halogens is 1. The lowest BCUT2D eigenvalue weighted by Gasteiger charge is -2.10. The molecule has 2 aromatic rings. The van der Waals surface area contributed by atoms with Crippen molar-refractivity contribution in [2.24, 2.45) is 0 Å². The summed E-state index contributed by atoms with van der Waals surface area (Å²) in [5, 5.41) is 18.0. The third-order valence-corrected chi connectivity index (χ3v) is 3.67. The number of para-hydroxylation sites is 1. The van der Waals surface area contributed by atoms with Gasteiger partial charge in [-0.15, -0.1) is 10.2 Å². The van der Waals surface area contributed by atoms with Crippen LogP contribution in [-0.2, 0) is 11.2 Å². The maximum Gasteiger partial charge on any atom is 0.313 e. The van der Waals surface area contributed by atoms with Gasteiger partial charge < -0.3 is 5.11 Å². The van der Waals surface area contributed by atoms with Gasteiger partial charge in [-0.1, -0.05) is 42.4 Å². The summed E-state index contributed by atoms with van der Waals surface area (Å²) >= 11 is 7.30. The van der Waals surface area contributed by atoms with E-state index in [0.717, 1.165) is 23.3 Å². The van der Waals surface area contributed by atoms with Crippen LogP contribution in [0.3, 0.4) is 0 Å². The highest BCUT2D eigenvalue weighted by Crippen LogP contribution is 2.27. The Morgan fingerprint density at radius 1 is 1.42 bits per heavy atom. The Balaban J connectivity index is 2.45. The highest BCUT2D eigenvalue weighted by Gasteiger charge is 2.16. The van der Waals surface area contributed by atoms with Gasteiger partial charge in [-0.2, -0.15) is 0 Å². The number of thioether (sulfide) groups is 1. The van der Waals surface area contributed by atoms with E-state index in [1.165, 1.54) is 0 Å². The minimum Gasteiger partial charge on any atom is -0.481 e. The number of benzene rings is 1. The van der Waals surface area contributed by atoms with Crippen molar-refractivity contribution in [2.45, 2.75) is 18.5 Å². The number of nitrogens with zero attached hydrogens (tertiary/aromatic N) is 3. The highest BCUT2D eigenvalue weighted by atomic mass is 35.5. The summed E-state index contributed by atoms with van der Waals surface area (Å²) in [5.41, 5.74) is 0.763. The summed E-state index contributed by atoms with van der Waals surface area (Å²) in [6.07, 6.45) is 0.686. The first-order valence-corrected chi connectivity index (χ1v) is 7.03. The first-order valence-electron chi connectivity index (χ1n) is 5.67. The molecule has 0 aliphatic carbocycles. The topological polar surface area (TPSA) is 68.0 Å². The van der Waals surface area contributed by atoms with E-state index in [4.69, 9.17) is 16.7 Å². The fourth-order valence-corrected chi connectivity index (χ4v) is 2.53. The lowest BCUT2D eigenvalue weighted by Crippen LogP contribution is -2.04. The van der Waals surface area contributed by atoms with Gasteiger partial charge in [0, 0.05) is 6.42 Å². The highest BCUT2D eigenvalue weighted by molar-refractivity contribution is 7.99. The smallest absolute Gasteiger partial charge is 0.313 e. The molecule has 0 radical (unpaired) electrons. The van der Waals surface area contributed by atoms with Crippen LogP contribution in [0.2, 0.25) is 5.02 Å². The molecule has 0 bridgehead atoms. The first-order chi connectivity index (χ1) is 9.13. The number of aliphatic carboxylic acids is 1. The van der Waals surface area contributed by atoms with Crippen molar-refractivity contribution < 1.29 is 9.90 Å². The molecule has 0 unspecified atom stereocenters. The first kappa shape index (κ1) is 13.9. The number of carboxylic acid groups (broad SMARTS) is 1. The Hall–Kier alpha value is -1.53. The molecule has 0 aliphatic heterocycles. The van der Waals surface area contributed by atoms with Crippen molar-refractivity contribution in [3.8, 4) is 5.69 Å². The van der Waals surface area contributed by atoms with Crippen LogP contribution in [0.4, 0.5) is 0 Å². The van der Waals surface area contributed by atoms with E-state index in [1.54, 1.807) is 10.6 Å². The molecule has 1 heterocycles. The van der Waals surface area contributed by atoms with Crippen LogP contribution in [0.25, 0.3) is 5.69 Å². The molecule has 100 valence electrons. The Kier molecular flexibility index (Phi) is 4.44. The maximum atomic E-state index is 10.7. The van der Waals surface area contributed by atoms with E-state index >= 15 is 0 Å². The van der Waals surface area contributed by atoms with Gasteiger partial charge in [-0.3, -0.25) is 9.36 Å². The summed E-state index contributed by atoms with van der Waals surface area (Å²) in [6.45, 7) is 1.96. The van der Waals surface area contributed by atoms with Gasteiger partial charge in [0.1, 0.15) is 5.82 Å². The van der Waals surface area contributed by atoms with E-state index in [0.29, 0.717) is 16.6 Å². The molecule has 1 aromatic carbocycles. The molecule has 2 rings (SSSR count). The van der Waals surface area contributed by atoms with E-state index in [1.807, 2.05) is 25.1 Å². The number of aromatic nitrogens is 3. The van der Waals surface area contributed by atoms with Gasteiger partial charge in [-0.25, -0.2) is 0 Å². The molecular formula is C12H12ClN3O2S. The average molecular weight is 298 g/mol. The van der Waals surface area contributed by atoms with Crippen LogP contribution < -0.4 is 0 Å². The average Bonchev–Trinajstić information content (AvgIpc) is 2.79. The number of carboxylic acids is 1. The summed E-state index contributed by atoms with van der Waals surface area (Å²) in [7, 11) is 0. The van der Waals surface area contributed by atoms with Crippen molar-refractivity contribution in [3.63, 3.8) is 0 Å². The molecule has 0 amide bonds. The van der Waals surface area contributed by atoms with Gasteiger partial charge in [0.2, 0.25) is 0 Å². The zero-order valence-corrected chi connectivity index (χ0v) is 11.8. The number of carbonyl (C=O) groups is 1. The van der Waals surface area contributed by atoms with Crippen LogP contribution >= 0.6 is 23.4 Å². The van der Waals surface area contributed by atoms with Crippen molar-refractivity contribution in [1.29, 1.82) is 0 Å². The molecule has 19 heavy (non-hydrogen) atoms. The van der Waals surface area contributed by atoms with E-state index in [9.17, 15) is 4.79 Å². The largest absolute Gasteiger partial charge is 0.481 e. The molecule has 1 aromatic heterocycles. The second-order valence-electron chi connectivity index (χ2n) is 3.72. The Morgan fingerprint density at radius 3 is 2.79 bits per heavy atom. The second kappa shape index (κ2) is 6.08. The lowest BCUT2D eigenvalue weighted by molar-refractivity contribution is -0.133. The minimum atomic E-state index is -0.892. The van der Waals surface area contributed by atoms with Gasteiger partial charge >= 0.3 is 5.97 Å². The van der Waals surface area contributed by atoms with Crippen LogP contribution in [0.15, 0.2) is 29.4 Å². The maximum absolute atomic E-state index is 10.7. The molecule has 0 aliphatic rings. The number of hydrogen-bond acceptors (Lipinski definition) is 4. The predicted octanol–water partition coefficient (Wildman–Crippen LogP) is 2.66. The SMILES string of the molecule is CCc1nnc(SCC(=O)O)n1-c1ccccc1Cl. The monoisotopic (exact) mass is 297 g/mol. The molecule has 5 nitrogen and oxygen atoms in total. The molecular weight excluding hydrogens is 286 g/mol. The molecule has 0 saturated heterocycles. The molecule has 0 saturated carbocycles. The summed E-state index contributed by atoms with van der Waals surface area (Å²) < 4.78 is 1.80. The lowest BCUT2D eigenvalue weighted by atomic mass is 10.3. The van der Waals surface area contributed by atoms with Gasteiger partial charge in [0.25, 0.3) is 0 Å². The zero-order chi connectivity index (χ0) is 13.8. The quantitative estimate of drug-likeness (QED) is 0.859. The molecule has 0 spiro atoms. The Labute approximate surface area is 119 Å². The third-order valence-electron chi connectivity index (χ3n) is 2.43. The van der Waals surface area contributed by atoms with E-state index < -0.39 is 5.97 Å². The fraction of sp³-hybridized carbons (Fsp3) is 0.250. The van der Waals surface area contributed by atoms with Crippen LogP contribution in [0.1, 0.15) is 12.7 Å². The van der Waals surface area contributed by atoms with Crippen molar-refractivity contribution in [1.82, 2.24) is 14.8 Å². The molecule has 1 N–H and O–H groups in total. The molecule has 7 heteroatoms. The minimum absolute atomic E-state index is 0.0632. The van der Waals surface area contributed by atoms with E-state index in [-0.39, 0.29) is 5.75 Å². The van der Waals surface area contributed by atoms with Gasteiger partial charge in [0.05, 0.1) is 16.5 Å². The summed E-state index contributed by atoms with van der Waals surface area (Å²) in [5.74, 6) is -0.204. The van der Waals surface area contributed by atoms with Crippen LogP contribution in [-0.4, -0.2) is 31.6 Å². The second-order valence-corrected chi connectivity index (χ2v) is 5.07. The van der Waals surface area contributed by atoms with Crippen molar-refractivity contribution >= 4 is 29.3 Å². The molecule has 0 fully saturated rings. The van der Waals surface area contributed by atoms with Crippen LogP contribution in [0, 0.1) is 0 Å². The van der Waals surface area contributed by atoms with Gasteiger partial charge in [-0.05, 0) is 12.1 Å². The van der Waals surface area contributed by atoms with Gasteiger partial charge in [0.15, 0.2) is 5.16 Å². The van der Waals surface area contributed by atoms with Crippen LogP contribution in [0.5, 0.6) is 0 Å². The third kappa shape index (κ3) is 3.08. The fourth-order valence-electron chi connectivity index (χ4n) is 1.62. The summed E-state index contributed by atoms with van der Waals surface area (Å²) in [4.78, 5) is 10.7. The Bertz CT molecular complexity index is 600. The predicted molar refractivity (Wildman–Crippen MR) is 74.1 cm³/mol. The molecule has 0 atom stereocenters. The van der Waals surface area contributed by atoms with Crippen molar-refractivity contribution in [2.75, 3.05) is 5.75 Å².